The van der Waals surface area contributed by atoms with Gasteiger partial charge >= 0.3 is 5.69 Å². The average molecular weight is 527 g/mol. The smallest absolute Gasteiger partial charge is 0.335 e. The average Bonchev–Trinajstić information content (AvgIpc) is 3.38. The lowest BCUT2D eigenvalue weighted by molar-refractivity contribution is 0.204. The van der Waals surface area contributed by atoms with Crippen LogP contribution in [0.25, 0.3) is 27.5 Å². The predicted molar refractivity (Wildman–Crippen MR) is 154 cm³/mol. The summed E-state index contributed by atoms with van der Waals surface area (Å²) in [5.74, 6) is 0.523. The van der Waals surface area contributed by atoms with E-state index in [0.29, 0.717) is 28.6 Å². The maximum atomic E-state index is 13.6. The van der Waals surface area contributed by atoms with Crippen molar-refractivity contribution in [2.45, 2.75) is 38.1 Å². The molecule has 1 atom stereocenters. The number of H-pyrrole nitrogens is 1. The first-order valence-electron chi connectivity index (χ1n) is 13.4. The van der Waals surface area contributed by atoms with Gasteiger partial charge in [-0.3, -0.25) is 13.8 Å². The number of hydrogen-bond acceptors (Lipinski definition) is 3. The molecule has 0 aliphatic carbocycles. The number of unbranched alkanes of at least 4 members (excludes halogenated alkanes) is 1. The molecular weight excluding hydrogens is 496 g/mol. The molecule has 3 aromatic heterocycles. The van der Waals surface area contributed by atoms with Crippen molar-refractivity contribution in [3.8, 4) is 11.1 Å². The van der Waals surface area contributed by atoms with Crippen LogP contribution in [0.2, 0.25) is 5.02 Å². The molecule has 5 aromatic rings. The Kier molecular flexibility index (Phi) is 6.92. The molecule has 6 rings (SSSR count). The number of nitrogens with zero attached hydrogens (tertiary/aromatic N) is 3. The van der Waals surface area contributed by atoms with E-state index in [1.54, 1.807) is 22.7 Å². The molecule has 0 saturated carbocycles. The lowest BCUT2D eigenvalue weighted by atomic mass is 9.90. The van der Waals surface area contributed by atoms with E-state index in [2.05, 4.69) is 40.3 Å². The quantitative estimate of drug-likeness (QED) is 0.268. The number of nitrogens with one attached hydrogen (secondary N) is 1. The fourth-order valence-corrected chi connectivity index (χ4v) is 6.04. The van der Waals surface area contributed by atoms with Gasteiger partial charge in [0.25, 0.3) is 5.56 Å². The number of para-hydroxylation sites is 1. The molecule has 194 valence electrons. The zero-order chi connectivity index (χ0) is 26.1. The lowest BCUT2D eigenvalue weighted by Crippen LogP contribution is -2.39. The summed E-state index contributed by atoms with van der Waals surface area (Å²) in [5, 5.41) is 1.93. The minimum absolute atomic E-state index is 0.249. The number of halogens is 1. The molecule has 0 spiro atoms. The van der Waals surface area contributed by atoms with Crippen LogP contribution in [-0.2, 0) is 6.54 Å². The van der Waals surface area contributed by atoms with Crippen LogP contribution >= 0.6 is 11.6 Å². The van der Waals surface area contributed by atoms with Crippen molar-refractivity contribution in [3.63, 3.8) is 0 Å². The number of likely N-dealkylation sites (tertiary alicyclic amines) is 1. The maximum absolute atomic E-state index is 13.6. The highest BCUT2D eigenvalue weighted by molar-refractivity contribution is 6.30. The fraction of sp³-hybridized carbons (Fsp3) is 0.290. The molecule has 1 aliphatic heterocycles. The third-order valence-corrected chi connectivity index (χ3v) is 8.07. The van der Waals surface area contributed by atoms with E-state index in [4.69, 9.17) is 11.6 Å². The molecular formula is C31H31ClN4O2. The zero-order valence-corrected chi connectivity index (χ0v) is 22.0. The summed E-state index contributed by atoms with van der Waals surface area (Å²) >= 11 is 6.08. The van der Waals surface area contributed by atoms with Gasteiger partial charge in [-0.25, -0.2) is 4.79 Å². The summed E-state index contributed by atoms with van der Waals surface area (Å²) in [7, 11) is 0. The van der Waals surface area contributed by atoms with Crippen molar-refractivity contribution in [2.24, 2.45) is 0 Å². The summed E-state index contributed by atoms with van der Waals surface area (Å²) in [6.07, 6.45) is 7.99. The van der Waals surface area contributed by atoms with Gasteiger partial charge < -0.3 is 9.88 Å². The second kappa shape index (κ2) is 10.6. The predicted octanol–water partition coefficient (Wildman–Crippen LogP) is 5.92. The van der Waals surface area contributed by atoms with E-state index >= 15 is 0 Å². The number of pyridine rings is 1. The van der Waals surface area contributed by atoms with Crippen LogP contribution in [-0.4, -0.2) is 38.5 Å². The van der Waals surface area contributed by atoms with Crippen molar-refractivity contribution in [2.75, 3.05) is 19.6 Å². The van der Waals surface area contributed by atoms with E-state index in [0.717, 1.165) is 38.0 Å². The molecule has 1 unspecified atom stereocenters. The van der Waals surface area contributed by atoms with Gasteiger partial charge in [0, 0.05) is 41.4 Å². The van der Waals surface area contributed by atoms with Crippen LogP contribution in [0.5, 0.6) is 0 Å². The second-order valence-corrected chi connectivity index (χ2v) is 10.7. The van der Waals surface area contributed by atoms with Gasteiger partial charge in [-0.15, -0.1) is 0 Å². The molecule has 1 N–H and O–H groups in total. The molecule has 7 heteroatoms. The van der Waals surface area contributed by atoms with Gasteiger partial charge in [0.05, 0.1) is 11.1 Å². The van der Waals surface area contributed by atoms with Gasteiger partial charge in [0.15, 0.2) is 0 Å². The molecule has 4 heterocycles. The standard InChI is InChI=1S/C31H31ClN4O2/c32-24-14-12-22(13-15-24)29-28-11-3-4-18-35(28)31(38)36(30(29)37)19-6-5-16-34-17-7-8-23(21-34)26-20-33-27-10-2-1-9-25(26)27/h1-4,9-15,18,20,23,33H,5-8,16-17,19,21H2. The van der Waals surface area contributed by atoms with Crippen molar-refractivity contribution in [1.82, 2.24) is 18.9 Å². The second-order valence-electron chi connectivity index (χ2n) is 10.2. The summed E-state index contributed by atoms with van der Waals surface area (Å²) in [5.41, 5.74) is 3.97. The van der Waals surface area contributed by atoms with E-state index in [1.807, 2.05) is 30.3 Å². The van der Waals surface area contributed by atoms with E-state index < -0.39 is 0 Å². The minimum Gasteiger partial charge on any atom is -0.361 e. The number of aromatic nitrogens is 3. The van der Waals surface area contributed by atoms with Gasteiger partial charge in [-0.05, 0) is 86.1 Å². The number of hydrogen-bond donors (Lipinski definition) is 1. The number of piperidine rings is 1. The van der Waals surface area contributed by atoms with E-state index in [9.17, 15) is 9.59 Å². The Balaban J connectivity index is 1.17. The Bertz CT molecular complexity index is 1700. The molecule has 0 amide bonds. The third kappa shape index (κ3) is 4.70. The topological polar surface area (TPSA) is 62.5 Å². The SMILES string of the molecule is O=c1c(-c2ccc(Cl)cc2)c2ccccn2c(=O)n1CCCCN1CCCC(c2c[nH]c3ccccc23)C1. The Morgan fingerprint density at radius 3 is 2.58 bits per heavy atom. The Morgan fingerprint density at radius 1 is 0.921 bits per heavy atom. The lowest BCUT2D eigenvalue weighted by Gasteiger charge is -2.32. The highest BCUT2D eigenvalue weighted by Crippen LogP contribution is 2.32. The summed E-state index contributed by atoms with van der Waals surface area (Å²) in [6.45, 7) is 3.50. The van der Waals surface area contributed by atoms with Crippen molar-refractivity contribution < 1.29 is 0 Å². The monoisotopic (exact) mass is 526 g/mol. The van der Waals surface area contributed by atoms with Crippen LogP contribution in [0.1, 0.15) is 37.2 Å². The van der Waals surface area contributed by atoms with Crippen molar-refractivity contribution in [1.29, 1.82) is 0 Å². The number of rotatable bonds is 7. The van der Waals surface area contributed by atoms with Crippen LogP contribution in [0, 0.1) is 0 Å². The largest absolute Gasteiger partial charge is 0.361 e. The Labute approximate surface area is 226 Å². The molecule has 38 heavy (non-hydrogen) atoms. The number of aromatic amines is 1. The third-order valence-electron chi connectivity index (χ3n) is 7.82. The first-order valence-corrected chi connectivity index (χ1v) is 13.8. The van der Waals surface area contributed by atoms with Crippen LogP contribution in [0.15, 0.2) is 88.7 Å². The number of benzene rings is 2. The molecule has 6 nitrogen and oxygen atoms in total. The van der Waals surface area contributed by atoms with Gasteiger partial charge in [-0.1, -0.05) is 48.0 Å². The van der Waals surface area contributed by atoms with Crippen molar-refractivity contribution >= 4 is 28.0 Å². The minimum atomic E-state index is -0.291. The fourth-order valence-electron chi connectivity index (χ4n) is 5.91. The van der Waals surface area contributed by atoms with Gasteiger partial charge in [-0.2, -0.15) is 0 Å². The first kappa shape index (κ1) is 24.7. The molecule has 1 saturated heterocycles. The van der Waals surface area contributed by atoms with Crippen LogP contribution < -0.4 is 11.2 Å². The molecule has 1 aliphatic rings. The Morgan fingerprint density at radius 2 is 1.71 bits per heavy atom. The maximum Gasteiger partial charge on any atom is 0.335 e. The highest BCUT2D eigenvalue weighted by Gasteiger charge is 2.23. The molecule has 0 radical (unpaired) electrons. The van der Waals surface area contributed by atoms with E-state index in [1.165, 1.54) is 33.9 Å². The van der Waals surface area contributed by atoms with Gasteiger partial charge in [0.2, 0.25) is 0 Å². The van der Waals surface area contributed by atoms with Crippen molar-refractivity contribution in [3.05, 3.63) is 111 Å². The van der Waals surface area contributed by atoms with Crippen LogP contribution in [0.3, 0.4) is 0 Å². The van der Waals surface area contributed by atoms with E-state index in [-0.39, 0.29) is 11.2 Å². The summed E-state index contributed by atoms with van der Waals surface area (Å²) < 4.78 is 2.96. The highest BCUT2D eigenvalue weighted by atomic mass is 35.5. The Hall–Kier alpha value is -3.61. The first-order chi connectivity index (χ1) is 18.6. The summed E-state index contributed by atoms with van der Waals surface area (Å²) in [6, 6.07) is 21.2. The molecule has 0 bridgehead atoms. The molecule has 1 fully saturated rings. The van der Waals surface area contributed by atoms with Crippen LogP contribution in [0.4, 0.5) is 0 Å². The number of fused-ring (bicyclic) bond motifs is 2. The summed E-state index contributed by atoms with van der Waals surface area (Å²) in [4.78, 5) is 32.8. The molecule has 2 aromatic carbocycles. The zero-order valence-electron chi connectivity index (χ0n) is 21.3. The normalized spacial score (nSPS) is 16.4. The van der Waals surface area contributed by atoms with Gasteiger partial charge in [0.1, 0.15) is 0 Å².